The van der Waals surface area contributed by atoms with Crippen molar-refractivity contribution in [3.63, 3.8) is 0 Å². The van der Waals surface area contributed by atoms with Crippen molar-refractivity contribution in [2.75, 3.05) is 20.3 Å². The standard InChI is InChI=1S/C21H28O6/c1-11-12-7-13(22)14-20(10-27-18(24)21(14,8-12)16(11)23)6-4-5-19(2)9-26-17(25-3)15(19)20/h12-15,17,22H,1,4-10H2,2-3H3/t12-,13+,14-,15+,17-,19-,20+,21-/m0/s1. The molecule has 3 aliphatic carbocycles. The molecule has 2 bridgehead atoms. The van der Waals surface area contributed by atoms with Gasteiger partial charge in [-0.05, 0) is 42.6 Å². The summed E-state index contributed by atoms with van der Waals surface area (Å²) < 4.78 is 17.4. The van der Waals surface area contributed by atoms with Gasteiger partial charge in [-0.1, -0.05) is 19.9 Å². The Morgan fingerprint density at radius 2 is 2.00 bits per heavy atom. The smallest absolute Gasteiger partial charge is 0.320 e. The number of ether oxygens (including phenoxy) is 3. The number of aliphatic hydroxyl groups is 1. The third kappa shape index (κ3) is 1.92. The third-order valence-corrected chi connectivity index (χ3v) is 8.50. The molecule has 2 spiro atoms. The largest absolute Gasteiger partial charge is 0.464 e. The molecule has 148 valence electrons. The molecule has 6 nitrogen and oxygen atoms in total. The van der Waals surface area contributed by atoms with Crippen LogP contribution in [0.5, 0.6) is 0 Å². The number of Topliss-reactive ketones (excluding diaryl/α,β-unsaturated/α-hetero) is 1. The lowest BCUT2D eigenvalue weighted by Gasteiger charge is -2.61. The van der Waals surface area contributed by atoms with E-state index in [0.29, 0.717) is 25.0 Å². The van der Waals surface area contributed by atoms with Crippen LogP contribution in [0.2, 0.25) is 0 Å². The van der Waals surface area contributed by atoms with Gasteiger partial charge >= 0.3 is 5.97 Å². The molecule has 0 aromatic rings. The Bertz CT molecular complexity index is 732. The van der Waals surface area contributed by atoms with Crippen LogP contribution in [-0.4, -0.2) is 49.6 Å². The molecule has 0 amide bonds. The van der Waals surface area contributed by atoms with Crippen molar-refractivity contribution in [3.8, 4) is 0 Å². The molecular weight excluding hydrogens is 348 g/mol. The van der Waals surface area contributed by atoms with Crippen LogP contribution in [0.3, 0.4) is 0 Å². The minimum atomic E-state index is -1.28. The van der Waals surface area contributed by atoms with Gasteiger partial charge in [0.05, 0.1) is 19.3 Å². The first-order chi connectivity index (χ1) is 12.8. The lowest BCUT2D eigenvalue weighted by molar-refractivity contribution is -0.244. The van der Waals surface area contributed by atoms with E-state index in [9.17, 15) is 14.7 Å². The molecule has 0 aromatic heterocycles. The van der Waals surface area contributed by atoms with E-state index in [1.54, 1.807) is 7.11 Å². The molecule has 8 atom stereocenters. The highest BCUT2D eigenvalue weighted by molar-refractivity contribution is 6.15. The summed E-state index contributed by atoms with van der Waals surface area (Å²) in [5.41, 5.74) is -1.42. The van der Waals surface area contributed by atoms with E-state index < -0.39 is 35.1 Å². The van der Waals surface area contributed by atoms with Crippen LogP contribution in [0, 0.1) is 34.0 Å². The maximum atomic E-state index is 13.3. The van der Waals surface area contributed by atoms with Gasteiger partial charge in [-0.3, -0.25) is 9.59 Å². The fourth-order valence-corrected chi connectivity index (χ4v) is 7.59. The highest BCUT2D eigenvalue weighted by Crippen LogP contribution is 2.69. The van der Waals surface area contributed by atoms with Crippen molar-refractivity contribution in [2.45, 2.75) is 51.4 Å². The maximum Gasteiger partial charge on any atom is 0.320 e. The first-order valence-corrected chi connectivity index (χ1v) is 10.0. The Labute approximate surface area is 159 Å². The number of carbonyl (C=O) groups excluding carboxylic acids is 2. The first kappa shape index (κ1) is 17.8. The minimum Gasteiger partial charge on any atom is -0.464 e. The number of carbonyl (C=O) groups is 2. The Morgan fingerprint density at radius 3 is 2.74 bits per heavy atom. The number of aliphatic hydroxyl groups excluding tert-OH is 1. The number of hydrogen-bond acceptors (Lipinski definition) is 6. The molecule has 6 heteroatoms. The Morgan fingerprint density at radius 1 is 1.22 bits per heavy atom. The van der Waals surface area contributed by atoms with Crippen molar-refractivity contribution >= 4 is 11.8 Å². The molecule has 0 aromatic carbocycles. The monoisotopic (exact) mass is 376 g/mol. The average molecular weight is 376 g/mol. The van der Waals surface area contributed by atoms with Crippen LogP contribution >= 0.6 is 0 Å². The lowest BCUT2D eigenvalue weighted by atomic mass is 9.44. The van der Waals surface area contributed by atoms with E-state index >= 15 is 0 Å². The summed E-state index contributed by atoms with van der Waals surface area (Å²) in [6.45, 7) is 6.98. The normalized spacial score (nSPS) is 54.0. The minimum absolute atomic E-state index is 0.0217. The topological polar surface area (TPSA) is 82.1 Å². The zero-order valence-corrected chi connectivity index (χ0v) is 16.0. The third-order valence-electron chi connectivity index (χ3n) is 8.50. The van der Waals surface area contributed by atoms with E-state index in [-0.39, 0.29) is 29.6 Å². The number of esters is 1. The zero-order valence-electron chi connectivity index (χ0n) is 16.0. The summed E-state index contributed by atoms with van der Waals surface area (Å²) in [4.78, 5) is 26.3. The molecule has 2 saturated heterocycles. The van der Waals surface area contributed by atoms with Crippen LogP contribution in [-0.2, 0) is 23.8 Å². The predicted molar refractivity (Wildman–Crippen MR) is 94.4 cm³/mol. The van der Waals surface area contributed by atoms with E-state index in [2.05, 4.69) is 13.5 Å². The van der Waals surface area contributed by atoms with Gasteiger partial charge in [-0.25, -0.2) is 0 Å². The quantitative estimate of drug-likeness (QED) is 0.427. The van der Waals surface area contributed by atoms with E-state index in [1.807, 2.05) is 0 Å². The van der Waals surface area contributed by atoms with Crippen LogP contribution in [0.15, 0.2) is 12.2 Å². The van der Waals surface area contributed by atoms with Crippen molar-refractivity contribution < 1.29 is 28.9 Å². The van der Waals surface area contributed by atoms with Crippen molar-refractivity contribution in [1.29, 1.82) is 0 Å². The molecular formula is C21H28O6. The van der Waals surface area contributed by atoms with Gasteiger partial charge in [0.1, 0.15) is 5.41 Å². The second-order valence-electron chi connectivity index (χ2n) is 9.72. The second-order valence-corrected chi connectivity index (χ2v) is 9.72. The predicted octanol–water partition coefficient (Wildman–Crippen LogP) is 1.85. The summed E-state index contributed by atoms with van der Waals surface area (Å²) in [5, 5.41) is 11.2. The fourth-order valence-electron chi connectivity index (χ4n) is 7.59. The second kappa shape index (κ2) is 5.43. The summed E-state index contributed by atoms with van der Waals surface area (Å²) in [6.07, 6.45) is 2.56. The maximum absolute atomic E-state index is 13.3. The molecule has 5 rings (SSSR count). The number of fused-ring (bicyclic) bond motifs is 4. The van der Waals surface area contributed by atoms with Crippen LogP contribution in [0.4, 0.5) is 0 Å². The van der Waals surface area contributed by atoms with Gasteiger partial charge in [0.25, 0.3) is 0 Å². The van der Waals surface area contributed by atoms with E-state index in [0.717, 1.165) is 19.3 Å². The molecule has 3 saturated carbocycles. The highest BCUT2D eigenvalue weighted by atomic mass is 16.7. The zero-order chi connectivity index (χ0) is 19.2. The van der Waals surface area contributed by atoms with Gasteiger partial charge in [-0.2, -0.15) is 0 Å². The number of methoxy groups -OCH3 is 1. The first-order valence-electron chi connectivity index (χ1n) is 10.0. The number of cyclic esters (lactones) is 1. The SMILES string of the molecule is C=C1C(=O)[C@]23C[C@@H]1C[C@@H](O)[C@H]2[C@@]1(CCC[C@@]2(C)CO[C@H](OC)[C@H]21)COC3=O. The van der Waals surface area contributed by atoms with Crippen LogP contribution < -0.4 is 0 Å². The average Bonchev–Trinajstić information content (AvgIpc) is 3.09. The van der Waals surface area contributed by atoms with Gasteiger partial charge < -0.3 is 19.3 Å². The molecule has 1 N–H and O–H groups in total. The summed E-state index contributed by atoms with van der Waals surface area (Å²) in [5.74, 6) is -1.28. The number of allylic oxidation sites excluding steroid dienone is 1. The molecule has 0 unspecified atom stereocenters. The van der Waals surface area contributed by atoms with Gasteiger partial charge in [0, 0.05) is 24.4 Å². The van der Waals surface area contributed by atoms with Crippen molar-refractivity contribution in [1.82, 2.24) is 0 Å². The molecule has 0 radical (unpaired) electrons. The number of hydrogen-bond donors (Lipinski definition) is 1. The Kier molecular flexibility index (Phi) is 3.58. The highest BCUT2D eigenvalue weighted by Gasteiger charge is 2.76. The Balaban J connectivity index is 1.70. The van der Waals surface area contributed by atoms with Gasteiger partial charge in [0.2, 0.25) is 0 Å². The van der Waals surface area contributed by atoms with Gasteiger partial charge in [-0.15, -0.1) is 0 Å². The fraction of sp³-hybridized carbons (Fsp3) is 0.810. The summed E-state index contributed by atoms with van der Waals surface area (Å²) in [6, 6.07) is 0. The van der Waals surface area contributed by atoms with Crippen molar-refractivity contribution in [3.05, 3.63) is 12.2 Å². The molecule has 27 heavy (non-hydrogen) atoms. The van der Waals surface area contributed by atoms with Crippen molar-refractivity contribution in [2.24, 2.45) is 34.0 Å². The molecule has 2 heterocycles. The molecule has 5 aliphatic rings. The Hall–Kier alpha value is -1.24. The van der Waals surface area contributed by atoms with Crippen LogP contribution in [0.25, 0.3) is 0 Å². The lowest BCUT2D eigenvalue weighted by Crippen LogP contribution is -2.67. The summed E-state index contributed by atoms with van der Waals surface area (Å²) >= 11 is 0. The van der Waals surface area contributed by atoms with E-state index in [4.69, 9.17) is 14.2 Å². The summed E-state index contributed by atoms with van der Waals surface area (Å²) in [7, 11) is 1.64. The van der Waals surface area contributed by atoms with Gasteiger partial charge in [0.15, 0.2) is 12.1 Å². The molecule has 2 aliphatic heterocycles. The number of rotatable bonds is 1. The molecule has 5 fully saturated rings. The van der Waals surface area contributed by atoms with Crippen LogP contribution in [0.1, 0.15) is 39.0 Å². The number of ketones is 1. The van der Waals surface area contributed by atoms with E-state index in [1.165, 1.54) is 0 Å².